The van der Waals surface area contributed by atoms with Crippen LogP contribution in [0.3, 0.4) is 0 Å². The number of benzene rings is 10. The maximum absolute atomic E-state index is 2.38. The van der Waals surface area contributed by atoms with Gasteiger partial charge in [-0.2, -0.15) is 0 Å². The zero-order chi connectivity index (χ0) is 39.8. The average Bonchev–Trinajstić information content (AvgIpc) is 3.72. The highest BCUT2D eigenvalue weighted by molar-refractivity contribution is 7.26. The van der Waals surface area contributed by atoms with Crippen molar-refractivity contribution in [3.63, 3.8) is 0 Å². The molecule has 0 saturated carbocycles. The molecule has 1 nitrogen and oxygen atoms in total. The number of hydrogen-bond acceptors (Lipinski definition) is 2. The van der Waals surface area contributed by atoms with Crippen LogP contribution in [-0.4, -0.2) is 0 Å². The maximum atomic E-state index is 2.38. The molecule has 0 saturated heterocycles. The van der Waals surface area contributed by atoms with Crippen molar-refractivity contribution in [1.29, 1.82) is 0 Å². The van der Waals surface area contributed by atoms with E-state index in [1.54, 1.807) is 0 Å². The Morgan fingerprint density at radius 1 is 0.267 bits per heavy atom. The molecule has 0 N–H and O–H groups in total. The molecule has 0 aliphatic heterocycles. The Balaban J connectivity index is 0.964. The topological polar surface area (TPSA) is 3.24 Å². The highest BCUT2D eigenvalue weighted by Crippen LogP contribution is 2.42. The van der Waals surface area contributed by atoms with Crippen molar-refractivity contribution < 1.29 is 0 Å². The molecule has 0 bridgehead atoms. The summed E-state index contributed by atoms with van der Waals surface area (Å²) >= 11 is 1.88. The van der Waals surface area contributed by atoms with Gasteiger partial charge < -0.3 is 4.90 Å². The molecule has 0 amide bonds. The second-order valence-electron chi connectivity index (χ2n) is 15.3. The van der Waals surface area contributed by atoms with Crippen LogP contribution in [0.5, 0.6) is 0 Å². The zero-order valence-electron chi connectivity index (χ0n) is 32.9. The first-order chi connectivity index (χ1) is 29.7. The number of hydrogen-bond donors (Lipinski definition) is 0. The van der Waals surface area contributed by atoms with Gasteiger partial charge in [-0.25, -0.2) is 0 Å². The van der Waals surface area contributed by atoms with Gasteiger partial charge in [-0.3, -0.25) is 0 Å². The third-order valence-electron chi connectivity index (χ3n) is 11.7. The number of nitrogens with zero attached hydrogens (tertiary/aromatic N) is 1. The van der Waals surface area contributed by atoms with E-state index in [9.17, 15) is 0 Å². The van der Waals surface area contributed by atoms with Crippen molar-refractivity contribution in [2.24, 2.45) is 0 Å². The van der Waals surface area contributed by atoms with Gasteiger partial charge >= 0.3 is 0 Å². The fourth-order valence-electron chi connectivity index (χ4n) is 8.57. The van der Waals surface area contributed by atoms with Crippen molar-refractivity contribution in [1.82, 2.24) is 0 Å². The molecule has 0 spiro atoms. The summed E-state index contributed by atoms with van der Waals surface area (Å²) in [6.07, 6.45) is 0. The van der Waals surface area contributed by atoms with Gasteiger partial charge in [0.25, 0.3) is 0 Å². The van der Waals surface area contributed by atoms with Crippen LogP contribution in [0.1, 0.15) is 0 Å². The highest BCUT2D eigenvalue weighted by atomic mass is 32.1. The van der Waals surface area contributed by atoms with E-state index < -0.39 is 0 Å². The molecule has 0 unspecified atom stereocenters. The minimum Gasteiger partial charge on any atom is -0.310 e. The van der Waals surface area contributed by atoms with E-state index >= 15 is 0 Å². The quantitative estimate of drug-likeness (QED) is 0.148. The summed E-state index contributed by atoms with van der Waals surface area (Å²) < 4.78 is 2.65. The van der Waals surface area contributed by atoms with Crippen molar-refractivity contribution >= 4 is 59.3 Å². The molecule has 10 aromatic carbocycles. The van der Waals surface area contributed by atoms with E-state index in [0.717, 1.165) is 17.1 Å². The molecule has 2 heteroatoms. The summed E-state index contributed by atoms with van der Waals surface area (Å²) in [6.45, 7) is 0. The van der Waals surface area contributed by atoms with Gasteiger partial charge in [0.1, 0.15) is 0 Å². The lowest BCUT2D eigenvalue weighted by Gasteiger charge is -2.26. The number of anilines is 3. The van der Waals surface area contributed by atoms with Crippen molar-refractivity contribution in [2.45, 2.75) is 0 Å². The van der Waals surface area contributed by atoms with E-state index in [4.69, 9.17) is 0 Å². The Bertz CT molecular complexity index is 3290. The third-order valence-corrected chi connectivity index (χ3v) is 12.9. The Morgan fingerprint density at radius 2 is 0.750 bits per heavy atom. The molecule has 1 heterocycles. The van der Waals surface area contributed by atoms with Crippen LogP contribution < -0.4 is 4.90 Å². The number of thiophene rings is 1. The lowest BCUT2D eigenvalue weighted by Crippen LogP contribution is -2.10. The first kappa shape index (κ1) is 35.6. The van der Waals surface area contributed by atoms with Crippen LogP contribution in [0.25, 0.3) is 86.6 Å². The Morgan fingerprint density at radius 3 is 1.50 bits per heavy atom. The SMILES string of the molecule is c1ccc(-c2ccc(-c3cccc(N(c4ccc(-c5cccc(-c6ccc7ccccc7c6)c5)cc4)c4ccc(-c5cccc6c5sc5ccccc56)cc4)c3)cc2)cc1. The van der Waals surface area contributed by atoms with Gasteiger partial charge in [0.2, 0.25) is 0 Å². The van der Waals surface area contributed by atoms with Crippen molar-refractivity contribution in [3.8, 4) is 55.6 Å². The lowest BCUT2D eigenvalue weighted by atomic mass is 9.97. The molecule has 0 aliphatic rings. The van der Waals surface area contributed by atoms with E-state index in [1.807, 2.05) is 11.3 Å². The molecule has 0 radical (unpaired) electrons. The van der Waals surface area contributed by atoms with Crippen LogP contribution >= 0.6 is 11.3 Å². The Kier molecular flexibility index (Phi) is 9.11. The standard InChI is InChI=1S/C58H39NS/c1-2-11-40(12-3-1)42-23-25-43(26-24-42)49-17-9-18-53(39-49)59(52-35-31-45(32-36-52)54-20-10-21-56-55-19-6-7-22-57(55)60-58(54)56)51-33-29-44(30-34-51)47-15-8-16-48(37-47)50-28-27-41-13-4-5-14-46(41)38-50/h1-39H. The van der Waals surface area contributed by atoms with Gasteiger partial charge in [-0.05, 0) is 121 Å². The molecule has 1 aromatic heterocycles. The summed E-state index contributed by atoms with van der Waals surface area (Å²) in [5, 5.41) is 5.14. The van der Waals surface area contributed by atoms with Gasteiger partial charge in [-0.15, -0.1) is 11.3 Å². The molecule has 0 atom stereocenters. The normalized spacial score (nSPS) is 11.3. The van der Waals surface area contributed by atoms with Gasteiger partial charge in [0.15, 0.2) is 0 Å². The minimum atomic E-state index is 1.10. The van der Waals surface area contributed by atoms with Gasteiger partial charge in [-0.1, -0.05) is 182 Å². The molecule has 11 aromatic rings. The fraction of sp³-hybridized carbons (Fsp3) is 0. The van der Waals surface area contributed by atoms with Crippen LogP contribution in [0.4, 0.5) is 17.1 Å². The third kappa shape index (κ3) is 6.73. The van der Waals surface area contributed by atoms with Crippen LogP contribution in [0, 0.1) is 0 Å². The number of rotatable bonds is 8. The van der Waals surface area contributed by atoms with E-state index in [1.165, 1.54) is 86.6 Å². The summed E-state index contributed by atoms with van der Waals surface area (Å²) in [6, 6.07) is 86.1. The van der Waals surface area contributed by atoms with Crippen LogP contribution in [-0.2, 0) is 0 Å². The van der Waals surface area contributed by atoms with Gasteiger partial charge in [0.05, 0.1) is 0 Å². The summed E-state index contributed by atoms with van der Waals surface area (Å²) in [7, 11) is 0. The Labute approximate surface area is 354 Å². The average molecular weight is 782 g/mol. The zero-order valence-corrected chi connectivity index (χ0v) is 33.7. The Hall–Kier alpha value is -7.52. The van der Waals surface area contributed by atoms with E-state index in [0.29, 0.717) is 0 Å². The molecule has 60 heavy (non-hydrogen) atoms. The predicted octanol–water partition coefficient (Wildman–Crippen LogP) is 17.0. The number of fused-ring (bicyclic) bond motifs is 4. The maximum Gasteiger partial charge on any atom is 0.0467 e. The second-order valence-corrected chi connectivity index (χ2v) is 16.4. The highest BCUT2D eigenvalue weighted by Gasteiger charge is 2.16. The lowest BCUT2D eigenvalue weighted by molar-refractivity contribution is 1.28. The summed E-state index contributed by atoms with van der Waals surface area (Å²) in [5.74, 6) is 0. The molecule has 0 fully saturated rings. The second kappa shape index (κ2) is 15.3. The van der Waals surface area contributed by atoms with E-state index in [-0.39, 0.29) is 0 Å². The van der Waals surface area contributed by atoms with Crippen molar-refractivity contribution in [3.05, 3.63) is 237 Å². The fourth-order valence-corrected chi connectivity index (χ4v) is 9.81. The molecular weight excluding hydrogens is 743 g/mol. The predicted molar refractivity (Wildman–Crippen MR) is 259 cm³/mol. The smallest absolute Gasteiger partial charge is 0.0467 e. The summed E-state index contributed by atoms with van der Waals surface area (Å²) in [4.78, 5) is 2.38. The molecular formula is C58H39NS. The first-order valence-corrected chi connectivity index (χ1v) is 21.3. The van der Waals surface area contributed by atoms with Crippen molar-refractivity contribution in [2.75, 3.05) is 4.90 Å². The minimum absolute atomic E-state index is 1.10. The van der Waals surface area contributed by atoms with Crippen LogP contribution in [0.2, 0.25) is 0 Å². The molecule has 0 aliphatic carbocycles. The van der Waals surface area contributed by atoms with E-state index in [2.05, 4.69) is 241 Å². The monoisotopic (exact) mass is 781 g/mol. The molecule has 282 valence electrons. The molecule has 11 rings (SSSR count). The summed E-state index contributed by atoms with van der Waals surface area (Å²) in [5.41, 5.74) is 15.4. The van der Waals surface area contributed by atoms with Crippen LogP contribution in [0.15, 0.2) is 237 Å². The first-order valence-electron chi connectivity index (χ1n) is 20.5. The van der Waals surface area contributed by atoms with Gasteiger partial charge in [0, 0.05) is 37.2 Å². The largest absolute Gasteiger partial charge is 0.310 e.